The molecule has 0 aliphatic rings. The third-order valence-corrected chi connectivity index (χ3v) is 4.99. The van der Waals surface area contributed by atoms with Gasteiger partial charge in [-0.3, -0.25) is 0 Å². The summed E-state index contributed by atoms with van der Waals surface area (Å²) in [5.41, 5.74) is -2.54. The first-order valence-electron chi connectivity index (χ1n) is 6.40. The lowest BCUT2D eigenvalue weighted by Crippen LogP contribution is -2.60. The maximum absolute atomic E-state index is 14.2. The van der Waals surface area contributed by atoms with Gasteiger partial charge in [-0.1, -0.05) is 22.9 Å². The molecule has 0 saturated carbocycles. The molecule has 0 aliphatic carbocycles. The number of benzene rings is 1. The Morgan fingerprint density at radius 3 is 2.10 bits per heavy atom. The number of aliphatic hydroxyl groups is 1. The minimum Gasteiger partial charge on any atom is -0.390 e. The van der Waals surface area contributed by atoms with Crippen molar-refractivity contribution in [3.05, 3.63) is 35.6 Å². The highest BCUT2D eigenvalue weighted by Crippen LogP contribution is 2.40. The second-order valence-electron chi connectivity index (χ2n) is 5.97. The molecule has 0 bridgehead atoms. The lowest BCUT2D eigenvalue weighted by molar-refractivity contribution is -0.115. The summed E-state index contributed by atoms with van der Waals surface area (Å²) >= 11 is -1.62. The lowest BCUT2D eigenvalue weighted by Gasteiger charge is -2.36. The molecule has 1 aromatic rings. The van der Waals surface area contributed by atoms with Gasteiger partial charge in [-0.15, -0.1) is 0 Å². The van der Waals surface area contributed by atoms with Gasteiger partial charge < -0.3 is 5.11 Å². The predicted octanol–water partition coefficient (Wildman–Crippen LogP) is 3.06. The van der Waals surface area contributed by atoms with Crippen LogP contribution in [0.3, 0.4) is 0 Å². The Labute approximate surface area is 125 Å². The van der Waals surface area contributed by atoms with Crippen molar-refractivity contribution in [2.75, 3.05) is 6.61 Å². The van der Waals surface area contributed by atoms with Crippen molar-refractivity contribution in [3.8, 4) is 0 Å². The first-order chi connectivity index (χ1) is 9.45. The fraction of sp³-hybridized carbons (Fsp3) is 0.571. The molecule has 0 saturated heterocycles. The van der Waals surface area contributed by atoms with E-state index in [-0.39, 0.29) is 5.56 Å². The van der Waals surface area contributed by atoms with E-state index in [0.717, 1.165) is 13.0 Å². The zero-order valence-electron chi connectivity index (χ0n) is 12.5. The van der Waals surface area contributed by atoms with Gasteiger partial charge in [-0.05, 0) is 33.8 Å². The minimum atomic E-state index is -3.66. The summed E-state index contributed by atoms with van der Waals surface area (Å²) in [5.74, 6) is -4.49. The van der Waals surface area contributed by atoms with Gasteiger partial charge in [0.2, 0.25) is 11.4 Å². The number of hydrogen-bond acceptors (Lipinski definition) is 3. The molecule has 0 aromatic heterocycles. The second-order valence-corrected chi connectivity index (χ2v) is 7.96. The first kappa shape index (κ1) is 18.3. The number of aliphatic hydroxyl groups excluding tert-OH is 1. The smallest absolute Gasteiger partial charge is 0.296 e. The maximum atomic E-state index is 14.2. The van der Waals surface area contributed by atoms with Crippen LogP contribution in [0.1, 0.15) is 33.3 Å². The van der Waals surface area contributed by atoms with Gasteiger partial charge in [0.15, 0.2) is 10.3 Å². The fourth-order valence-electron chi connectivity index (χ4n) is 1.70. The van der Waals surface area contributed by atoms with E-state index in [1.165, 1.54) is 18.2 Å². The molecule has 1 unspecified atom stereocenters. The maximum Gasteiger partial charge on any atom is 0.296 e. The predicted molar refractivity (Wildman–Crippen MR) is 78.7 cm³/mol. The van der Waals surface area contributed by atoms with Crippen molar-refractivity contribution < 1.29 is 22.8 Å². The van der Waals surface area contributed by atoms with Crippen molar-refractivity contribution in [2.45, 2.75) is 43.9 Å². The first-order valence-corrected chi connectivity index (χ1v) is 7.59. The van der Waals surface area contributed by atoms with Crippen LogP contribution in [-0.2, 0) is 16.9 Å². The van der Waals surface area contributed by atoms with E-state index in [1.54, 1.807) is 20.8 Å². The third kappa shape index (κ3) is 3.71. The monoisotopic (exact) mass is 324 g/mol. The minimum absolute atomic E-state index is 0.306. The Kier molecular flexibility index (Phi) is 5.36. The van der Waals surface area contributed by atoms with Gasteiger partial charge in [0, 0.05) is 5.56 Å². The van der Waals surface area contributed by atoms with Crippen LogP contribution in [0.15, 0.2) is 24.3 Å². The fourth-order valence-corrected chi connectivity index (χ4v) is 2.65. The molecule has 120 valence electrons. The Hall–Kier alpha value is -0.760. The number of halogens is 3. The van der Waals surface area contributed by atoms with Gasteiger partial charge in [0.1, 0.15) is 12.4 Å². The molecular weight excluding hydrogens is 303 g/mol. The zero-order chi connectivity index (χ0) is 16.5. The van der Waals surface area contributed by atoms with Crippen LogP contribution in [-0.4, -0.2) is 26.9 Å². The second kappa shape index (κ2) is 6.16. The summed E-state index contributed by atoms with van der Waals surface area (Å²) in [7, 11) is 0. The summed E-state index contributed by atoms with van der Waals surface area (Å²) in [4.78, 5) is 0. The van der Waals surface area contributed by atoms with Gasteiger partial charge in [-0.25, -0.2) is 13.2 Å². The van der Waals surface area contributed by atoms with Crippen molar-refractivity contribution in [1.29, 1.82) is 0 Å². The lowest BCUT2D eigenvalue weighted by atomic mass is 9.86. The van der Waals surface area contributed by atoms with E-state index in [1.807, 2.05) is 0 Å². The summed E-state index contributed by atoms with van der Waals surface area (Å²) in [6.07, 6.45) is 0. The van der Waals surface area contributed by atoms with Gasteiger partial charge in [0.25, 0.3) is 5.92 Å². The van der Waals surface area contributed by atoms with Crippen molar-refractivity contribution in [2.24, 2.45) is 0 Å². The summed E-state index contributed by atoms with van der Waals surface area (Å²) in [5, 5.41) is 9.01. The molecule has 3 nitrogen and oxygen atoms in total. The van der Waals surface area contributed by atoms with Crippen molar-refractivity contribution in [3.63, 3.8) is 0 Å². The molecule has 0 amide bonds. The van der Waals surface area contributed by atoms with E-state index in [9.17, 15) is 17.7 Å². The van der Waals surface area contributed by atoms with Crippen LogP contribution in [0.5, 0.6) is 0 Å². The number of nitrogens with one attached hydrogen (secondary N) is 1. The topological polar surface area (TPSA) is 52.5 Å². The summed E-state index contributed by atoms with van der Waals surface area (Å²) in [6, 6.07) is 5.10. The largest absolute Gasteiger partial charge is 0.390 e. The number of alkyl halides is 2. The summed E-state index contributed by atoms with van der Waals surface area (Å²) in [6.45, 7) is 4.61. The average molecular weight is 324 g/mol. The molecule has 0 spiro atoms. The van der Waals surface area contributed by atoms with E-state index in [0.29, 0.717) is 0 Å². The van der Waals surface area contributed by atoms with Crippen LogP contribution in [0.4, 0.5) is 13.2 Å². The quantitative estimate of drug-likeness (QED) is 0.730. The van der Waals surface area contributed by atoms with Crippen molar-refractivity contribution >= 4 is 11.4 Å². The van der Waals surface area contributed by atoms with Crippen molar-refractivity contribution in [1.82, 2.24) is 4.72 Å². The highest BCUT2D eigenvalue weighted by molar-refractivity contribution is 7.90. The van der Waals surface area contributed by atoms with Gasteiger partial charge in [0.05, 0.1) is 0 Å². The van der Waals surface area contributed by atoms with Crippen LogP contribution in [0.2, 0.25) is 0 Å². The van der Waals surface area contributed by atoms with Gasteiger partial charge >= 0.3 is 0 Å². The van der Waals surface area contributed by atoms with E-state index < -0.39 is 40.0 Å². The molecular formula is C14H21F3NO2S+. The molecule has 0 heterocycles. The van der Waals surface area contributed by atoms with E-state index in [4.69, 9.17) is 5.11 Å². The average Bonchev–Trinajstić information content (AvgIpc) is 2.37. The molecule has 1 aromatic carbocycles. The standard InChI is InChI=1S/C14H21F3NO2S/c1-12(2,3)21(20)18-13(4,14(16,17)9-19)10-7-5-6-8-11(10)15/h5-8,18-20H,9H2,1-4H3/q+1/t13-,21?/m1/s1. The highest BCUT2D eigenvalue weighted by Gasteiger charge is 2.58. The Bertz CT molecular complexity index is 493. The number of hydrogen-bond donors (Lipinski definition) is 3. The Morgan fingerprint density at radius 2 is 1.67 bits per heavy atom. The highest BCUT2D eigenvalue weighted by atomic mass is 32.2. The van der Waals surface area contributed by atoms with Crippen LogP contribution >= 0.6 is 0 Å². The molecule has 7 heteroatoms. The Morgan fingerprint density at radius 1 is 1.14 bits per heavy atom. The molecule has 1 rings (SSSR count). The Balaban J connectivity index is 3.35. The molecule has 3 N–H and O–H groups in total. The van der Waals surface area contributed by atoms with Crippen LogP contribution in [0, 0.1) is 5.82 Å². The molecule has 0 fully saturated rings. The third-order valence-electron chi connectivity index (χ3n) is 3.22. The number of rotatable bonds is 5. The molecule has 21 heavy (non-hydrogen) atoms. The molecule has 0 aliphatic heterocycles. The van der Waals surface area contributed by atoms with E-state index >= 15 is 0 Å². The SMILES string of the molecule is CC(C)(C)[S+](O)N[C@](C)(c1ccccc1F)C(F)(F)CO. The summed E-state index contributed by atoms with van der Waals surface area (Å²) < 4.78 is 54.2. The van der Waals surface area contributed by atoms with Crippen LogP contribution < -0.4 is 4.72 Å². The normalized spacial score (nSPS) is 17.4. The van der Waals surface area contributed by atoms with Gasteiger partial charge in [-0.2, -0.15) is 4.55 Å². The molecule has 2 atom stereocenters. The molecule has 0 radical (unpaired) electrons. The van der Waals surface area contributed by atoms with Crippen LogP contribution in [0.25, 0.3) is 0 Å². The zero-order valence-corrected chi connectivity index (χ0v) is 13.3. The van der Waals surface area contributed by atoms with E-state index in [2.05, 4.69) is 4.72 Å².